The van der Waals surface area contributed by atoms with E-state index in [9.17, 15) is 4.79 Å². The van der Waals surface area contributed by atoms with Gasteiger partial charge >= 0.3 is 5.97 Å². The van der Waals surface area contributed by atoms with E-state index < -0.39 is 5.54 Å². The van der Waals surface area contributed by atoms with Crippen LogP contribution in [0.15, 0.2) is 0 Å². The Morgan fingerprint density at radius 1 is 1.57 bits per heavy atom. The summed E-state index contributed by atoms with van der Waals surface area (Å²) in [6, 6.07) is 0. The number of rotatable bonds is 2. The van der Waals surface area contributed by atoms with Crippen molar-refractivity contribution in [2.24, 2.45) is 11.8 Å². The lowest BCUT2D eigenvalue weighted by Crippen LogP contribution is -2.55. The summed E-state index contributed by atoms with van der Waals surface area (Å²) in [6.45, 7) is 7.28. The molecule has 1 rings (SSSR count). The van der Waals surface area contributed by atoms with E-state index >= 15 is 0 Å². The number of methoxy groups -OCH3 is 1. The van der Waals surface area contributed by atoms with Crippen molar-refractivity contribution in [3.63, 3.8) is 0 Å². The van der Waals surface area contributed by atoms with Crippen molar-refractivity contribution in [3.8, 4) is 0 Å². The topological polar surface area (TPSA) is 38.3 Å². The molecule has 0 amide bonds. The van der Waals surface area contributed by atoms with Crippen LogP contribution in [-0.2, 0) is 9.53 Å². The van der Waals surface area contributed by atoms with Crippen LogP contribution in [0.2, 0.25) is 0 Å². The number of carbonyl (C=O) groups is 1. The predicted molar refractivity (Wildman–Crippen MR) is 56.0 cm³/mol. The molecule has 0 aromatic rings. The standard InChI is InChI=1S/C11H21NO2/c1-8(2)9-5-6-12-11(3,7-9)10(13)14-4/h8-9,12H,5-7H2,1-4H3. The third-order valence-corrected chi connectivity index (χ3v) is 3.28. The summed E-state index contributed by atoms with van der Waals surface area (Å²) in [5.41, 5.74) is -0.470. The van der Waals surface area contributed by atoms with Crippen molar-refractivity contribution in [1.82, 2.24) is 5.32 Å². The van der Waals surface area contributed by atoms with Gasteiger partial charge in [-0.1, -0.05) is 13.8 Å². The molecule has 2 atom stereocenters. The molecule has 0 aromatic carbocycles. The normalized spacial score (nSPS) is 33.1. The lowest BCUT2D eigenvalue weighted by Gasteiger charge is -2.38. The maximum absolute atomic E-state index is 11.6. The van der Waals surface area contributed by atoms with Crippen LogP contribution in [0.1, 0.15) is 33.6 Å². The number of hydrogen-bond acceptors (Lipinski definition) is 3. The highest BCUT2D eigenvalue weighted by molar-refractivity contribution is 5.80. The van der Waals surface area contributed by atoms with E-state index in [1.807, 2.05) is 6.92 Å². The first kappa shape index (κ1) is 11.5. The molecule has 1 N–H and O–H groups in total. The maximum atomic E-state index is 11.6. The van der Waals surface area contributed by atoms with Gasteiger partial charge < -0.3 is 10.1 Å². The molecule has 14 heavy (non-hydrogen) atoms. The van der Waals surface area contributed by atoms with Crippen LogP contribution in [-0.4, -0.2) is 25.2 Å². The van der Waals surface area contributed by atoms with E-state index in [4.69, 9.17) is 4.74 Å². The smallest absolute Gasteiger partial charge is 0.325 e. The van der Waals surface area contributed by atoms with Gasteiger partial charge in [0.25, 0.3) is 0 Å². The molecular weight excluding hydrogens is 178 g/mol. The second-order valence-corrected chi connectivity index (χ2v) is 4.75. The van der Waals surface area contributed by atoms with Crippen molar-refractivity contribution in [3.05, 3.63) is 0 Å². The molecule has 0 bridgehead atoms. The first-order valence-corrected chi connectivity index (χ1v) is 5.33. The number of esters is 1. The van der Waals surface area contributed by atoms with E-state index in [2.05, 4.69) is 19.2 Å². The van der Waals surface area contributed by atoms with Gasteiger partial charge in [0.15, 0.2) is 0 Å². The Hall–Kier alpha value is -0.570. The summed E-state index contributed by atoms with van der Waals surface area (Å²) >= 11 is 0. The highest BCUT2D eigenvalue weighted by atomic mass is 16.5. The van der Waals surface area contributed by atoms with Gasteiger partial charge in [0.1, 0.15) is 5.54 Å². The minimum absolute atomic E-state index is 0.136. The largest absolute Gasteiger partial charge is 0.468 e. The molecule has 0 radical (unpaired) electrons. The van der Waals surface area contributed by atoms with Crippen LogP contribution in [0.4, 0.5) is 0 Å². The van der Waals surface area contributed by atoms with Gasteiger partial charge in [0.2, 0.25) is 0 Å². The molecule has 82 valence electrons. The molecule has 3 nitrogen and oxygen atoms in total. The molecule has 0 spiro atoms. The Balaban J connectivity index is 2.67. The molecule has 3 heteroatoms. The van der Waals surface area contributed by atoms with Gasteiger partial charge in [-0.25, -0.2) is 0 Å². The van der Waals surface area contributed by atoms with Gasteiger partial charge in [-0.3, -0.25) is 4.79 Å². The lowest BCUT2D eigenvalue weighted by atomic mass is 9.78. The molecule has 0 aromatic heterocycles. The first-order valence-electron chi connectivity index (χ1n) is 5.33. The lowest BCUT2D eigenvalue weighted by molar-refractivity contribution is -0.149. The second-order valence-electron chi connectivity index (χ2n) is 4.75. The Morgan fingerprint density at radius 3 is 2.71 bits per heavy atom. The molecule has 1 saturated heterocycles. The van der Waals surface area contributed by atoms with Crippen LogP contribution >= 0.6 is 0 Å². The number of hydrogen-bond donors (Lipinski definition) is 1. The molecule has 2 unspecified atom stereocenters. The van der Waals surface area contributed by atoms with E-state index in [0.717, 1.165) is 19.4 Å². The van der Waals surface area contributed by atoms with E-state index in [1.165, 1.54) is 7.11 Å². The third kappa shape index (κ3) is 2.27. The van der Waals surface area contributed by atoms with Gasteiger partial charge in [0.05, 0.1) is 7.11 Å². The van der Waals surface area contributed by atoms with Crippen molar-refractivity contribution in [2.45, 2.75) is 39.2 Å². The fourth-order valence-corrected chi connectivity index (χ4v) is 2.18. The Bertz CT molecular complexity index is 215. The predicted octanol–water partition coefficient (Wildman–Crippen LogP) is 1.57. The molecule has 1 fully saturated rings. The molecule has 1 aliphatic heterocycles. The third-order valence-electron chi connectivity index (χ3n) is 3.28. The van der Waals surface area contributed by atoms with Crippen LogP contribution < -0.4 is 5.32 Å². The summed E-state index contributed by atoms with van der Waals surface area (Å²) < 4.78 is 4.82. The first-order chi connectivity index (χ1) is 6.49. The van der Waals surface area contributed by atoms with Crippen LogP contribution in [0.25, 0.3) is 0 Å². The summed E-state index contributed by atoms with van der Waals surface area (Å²) in [7, 11) is 1.45. The Morgan fingerprint density at radius 2 is 2.21 bits per heavy atom. The van der Waals surface area contributed by atoms with Crippen molar-refractivity contribution >= 4 is 5.97 Å². The Kier molecular flexibility index (Phi) is 3.53. The van der Waals surface area contributed by atoms with Crippen LogP contribution in [0.5, 0.6) is 0 Å². The number of ether oxygens (including phenoxy) is 1. The summed E-state index contributed by atoms with van der Waals surface area (Å²) in [5, 5.41) is 3.26. The van der Waals surface area contributed by atoms with Crippen molar-refractivity contribution in [1.29, 1.82) is 0 Å². The van der Waals surface area contributed by atoms with E-state index in [1.54, 1.807) is 0 Å². The monoisotopic (exact) mass is 199 g/mol. The van der Waals surface area contributed by atoms with Gasteiger partial charge in [0, 0.05) is 0 Å². The fraction of sp³-hybridized carbons (Fsp3) is 0.909. The zero-order valence-electron chi connectivity index (χ0n) is 9.59. The zero-order chi connectivity index (χ0) is 10.8. The summed E-state index contributed by atoms with van der Waals surface area (Å²) in [4.78, 5) is 11.6. The SMILES string of the molecule is COC(=O)C1(C)CC(C(C)C)CCN1. The van der Waals surface area contributed by atoms with Crippen molar-refractivity contribution in [2.75, 3.05) is 13.7 Å². The average Bonchev–Trinajstić information content (AvgIpc) is 2.16. The van der Waals surface area contributed by atoms with Crippen LogP contribution in [0.3, 0.4) is 0 Å². The highest BCUT2D eigenvalue weighted by Crippen LogP contribution is 2.30. The summed E-state index contributed by atoms with van der Waals surface area (Å²) in [5.74, 6) is 1.13. The molecule has 1 heterocycles. The van der Waals surface area contributed by atoms with Gasteiger partial charge in [-0.05, 0) is 38.1 Å². The van der Waals surface area contributed by atoms with Crippen molar-refractivity contribution < 1.29 is 9.53 Å². The molecule has 0 aliphatic carbocycles. The van der Waals surface area contributed by atoms with Gasteiger partial charge in [-0.2, -0.15) is 0 Å². The minimum Gasteiger partial charge on any atom is -0.468 e. The van der Waals surface area contributed by atoms with Crippen LogP contribution in [0, 0.1) is 11.8 Å². The fourth-order valence-electron chi connectivity index (χ4n) is 2.18. The number of piperidine rings is 1. The maximum Gasteiger partial charge on any atom is 0.325 e. The number of nitrogens with one attached hydrogen (secondary N) is 1. The average molecular weight is 199 g/mol. The highest BCUT2D eigenvalue weighted by Gasteiger charge is 2.39. The van der Waals surface area contributed by atoms with Gasteiger partial charge in [-0.15, -0.1) is 0 Å². The molecule has 0 saturated carbocycles. The minimum atomic E-state index is -0.470. The quantitative estimate of drug-likeness (QED) is 0.686. The van der Waals surface area contributed by atoms with E-state index in [-0.39, 0.29) is 5.97 Å². The zero-order valence-corrected chi connectivity index (χ0v) is 9.59. The Labute approximate surface area is 86.2 Å². The molecule has 1 aliphatic rings. The second kappa shape index (κ2) is 4.30. The van der Waals surface area contributed by atoms with E-state index in [0.29, 0.717) is 11.8 Å². The molecular formula is C11H21NO2. The summed E-state index contributed by atoms with van der Waals surface area (Å²) in [6.07, 6.45) is 2.04. The number of carbonyl (C=O) groups excluding carboxylic acids is 1.